The standard InChI is InChI=1S/C8H18N2/c1-4-8-7(3)10-6(2)5-9-8/h6-10H,4-5H2,1-3H3/i5D,6D,7D,8D/hD2. The van der Waals surface area contributed by atoms with Crippen LogP contribution in [-0.2, 0) is 0 Å². The molecule has 1 fully saturated rings. The summed E-state index contributed by atoms with van der Waals surface area (Å²) in [7, 11) is 0. The second kappa shape index (κ2) is 3.35. The van der Waals surface area contributed by atoms with E-state index in [1.54, 1.807) is 6.92 Å². The third-order valence-corrected chi connectivity index (χ3v) is 1.50. The van der Waals surface area contributed by atoms with Gasteiger partial charge in [-0.25, -0.2) is 0 Å². The average molecular weight is 148 g/mol. The SMILES string of the molecule is [2H]C1N([2H])C([2H])(CC)C([2H])(C)N([2H])C1([2H])C. The molecule has 60 valence electrons. The van der Waals surface area contributed by atoms with Crippen LogP contribution < -0.4 is 10.6 Å². The summed E-state index contributed by atoms with van der Waals surface area (Å²) >= 11 is 0. The van der Waals surface area contributed by atoms with E-state index in [4.69, 9.17) is 8.31 Å². The molecule has 2 N–H and O–H groups in total. The van der Waals surface area contributed by atoms with Gasteiger partial charge in [0.2, 0.25) is 0 Å². The second-order valence-electron chi connectivity index (χ2n) is 2.40. The summed E-state index contributed by atoms with van der Waals surface area (Å²) < 4.78 is 47.3. The van der Waals surface area contributed by atoms with Gasteiger partial charge >= 0.3 is 0 Å². The Morgan fingerprint density at radius 3 is 3.10 bits per heavy atom. The zero-order valence-corrected chi connectivity index (χ0v) is 6.68. The highest BCUT2D eigenvalue weighted by Gasteiger charge is 2.21. The Balaban J connectivity index is 3.29. The van der Waals surface area contributed by atoms with E-state index in [1.165, 1.54) is 13.8 Å². The lowest BCUT2D eigenvalue weighted by atomic mass is 10.0. The molecule has 1 saturated heterocycles. The molecule has 0 aromatic heterocycles. The molecule has 2 nitrogen and oxygen atoms in total. The molecule has 2 heteroatoms. The Labute approximate surface area is 71.9 Å². The highest BCUT2D eigenvalue weighted by Crippen LogP contribution is 2.03. The maximum atomic E-state index is 8.10. The maximum Gasteiger partial charge on any atom is 0.123 e. The predicted molar refractivity (Wildman–Crippen MR) is 44.1 cm³/mol. The Morgan fingerprint density at radius 1 is 1.80 bits per heavy atom. The Kier molecular flexibility index (Phi) is 1.04. The molecule has 0 bridgehead atoms. The van der Waals surface area contributed by atoms with Gasteiger partial charge in [0.05, 0.1) is 0 Å². The Bertz CT molecular complexity index is 284. The third kappa shape index (κ3) is 1.70. The summed E-state index contributed by atoms with van der Waals surface area (Å²) in [5, 5.41) is 1.32. The van der Waals surface area contributed by atoms with E-state index in [-0.39, 0.29) is 6.42 Å². The first kappa shape index (κ1) is 3.11. The molecule has 0 saturated carbocycles. The summed E-state index contributed by atoms with van der Waals surface area (Å²) in [5.74, 6) is 0. The van der Waals surface area contributed by atoms with Crippen LogP contribution in [0.2, 0.25) is 2.82 Å². The number of rotatable bonds is 1. The van der Waals surface area contributed by atoms with Crippen molar-refractivity contribution in [3.8, 4) is 0 Å². The molecule has 0 spiro atoms. The van der Waals surface area contributed by atoms with Crippen LogP contribution in [0, 0.1) is 0 Å². The summed E-state index contributed by atoms with van der Waals surface area (Å²) in [6.45, 7) is 2.97. The van der Waals surface area contributed by atoms with Gasteiger partial charge in [-0.2, -0.15) is 0 Å². The second-order valence-corrected chi connectivity index (χ2v) is 2.40. The minimum Gasteiger partial charge on any atom is -0.311 e. The lowest BCUT2D eigenvalue weighted by molar-refractivity contribution is 0.285. The van der Waals surface area contributed by atoms with Gasteiger partial charge in [0.15, 0.2) is 0 Å². The Hall–Kier alpha value is -0.0800. The molecule has 1 aliphatic rings. The summed E-state index contributed by atoms with van der Waals surface area (Å²) in [6.07, 6.45) is 0.150. The van der Waals surface area contributed by atoms with E-state index in [2.05, 4.69) is 0 Å². The highest BCUT2D eigenvalue weighted by molar-refractivity contribution is 4.86. The molecule has 1 aliphatic heterocycles. The quantitative estimate of drug-likeness (QED) is 0.573. The van der Waals surface area contributed by atoms with E-state index in [9.17, 15) is 0 Å². The van der Waals surface area contributed by atoms with Gasteiger partial charge in [0.25, 0.3) is 0 Å². The number of nitrogens with one attached hydrogen (secondary N) is 2. The molecule has 1 rings (SSSR count). The van der Waals surface area contributed by atoms with Crippen LogP contribution in [0.4, 0.5) is 0 Å². The third-order valence-electron chi connectivity index (χ3n) is 1.50. The monoisotopic (exact) mass is 148 g/mol. The van der Waals surface area contributed by atoms with Crippen molar-refractivity contribution in [3.05, 3.63) is 0 Å². The van der Waals surface area contributed by atoms with Crippen molar-refractivity contribution >= 4 is 0 Å². The van der Waals surface area contributed by atoms with Crippen LogP contribution in [0.25, 0.3) is 0 Å². The van der Waals surface area contributed by atoms with Gasteiger partial charge in [-0.1, -0.05) is 6.92 Å². The molecule has 0 aromatic carbocycles. The molecule has 1 heterocycles. The van der Waals surface area contributed by atoms with Crippen LogP contribution in [0.1, 0.15) is 32.7 Å². The first-order valence-electron chi connectivity index (χ1n) is 6.50. The normalized spacial score (nSPS) is 83.7. The lowest BCUT2D eigenvalue weighted by Gasteiger charge is -2.34. The van der Waals surface area contributed by atoms with Crippen molar-refractivity contribution in [2.75, 3.05) is 6.52 Å². The van der Waals surface area contributed by atoms with Gasteiger partial charge in [-0.05, 0) is 20.3 Å². The maximum absolute atomic E-state index is 8.10. The first-order valence-corrected chi connectivity index (χ1v) is 3.53. The zero-order valence-electron chi connectivity index (χ0n) is 12.7. The van der Waals surface area contributed by atoms with Gasteiger partial charge in [0, 0.05) is 30.1 Å². The molecular weight excluding hydrogens is 124 g/mol. The van der Waals surface area contributed by atoms with Crippen molar-refractivity contribution in [2.24, 2.45) is 0 Å². The highest BCUT2D eigenvalue weighted by atomic mass is 15.1. The topological polar surface area (TPSA) is 24.1 Å². The van der Waals surface area contributed by atoms with Crippen LogP contribution in [-0.4, -0.2) is 24.6 Å². The fraction of sp³-hybridized carbons (Fsp3) is 1.00. The van der Waals surface area contributed by atoms with Crippen molar-refractivity contribution in [2.45, 2.75) is 45.2 Å². The van der Waals surface area contributed by atoms with Crippen LogP contribution in [0.15, 0.2) is 0 Å². The molecule has 4 unspecified atom stereocenters. The average Bonchev–Trinajstić information content (AvgIpc) is 2.22. The zero-order chi connectivity index (χ0) is 12.9. The molecule has 0 radical (unpaired) electrons. The van der Waals surface area contributed by atoms with Crippen molar-refractivity contribution in [1.29, 1.82) is 0 Å². The van der Waals surface area contributed by atoms with E-state index in [0.29, 0.717) is 10.6 Å². The van der Waals surface area contributed by atoms with Crippen molar-refractivity contribution in [1.82, 2.24) is 10.6 Å². The molecule has 0 amide bonds. The van der Waals surface area contributed by atoms with E-state index >= 15 is 0 Å². The minimum absolute atomic E-state index is 0.150. The molecule has 10 heavy (non-hydrogen) atoms. The molecular formula is C8H18N2. The fourth-order valence-electron chi connectivity index (χ4n) is 0.970. The van der Waals surface area contributed by atoms with Crippen molar-refractivity contribution in [3.63, 3.8) is 0 Å². The van der Waals surface area contributed by atoms with Gasteiger partial charge in [-0.15, -0.1) is 0 Å². The number of piperazine rings is 1. The summed E-state index contributed by atoms with van der Waals surface area (Å²) in [5.41, 5.74) is 0. The predicted octanol–water partition coefficient (Wildman–Crippen LogP) is 0.735. The van der Waals surface area contributed by atoms with Crippen LogP contribution >= 0.6 is 0 Å². The van der Waals surface area contributed by atoms with Gasteiger partial charge in [-0.3, -0.25) is 0 Å². The van der Waals surface area contributed by atoms with E-state index in [0.717, 1.165) is 0 Å². The van der Waals surface area contributed by atoms with E-state index < -0.39 is 24.6 Å². The number of hydrogen-bond donors (Lipinski definition) is 2. The van der Waals surface area contributed by atoms with Crippen molar-refractivity contribution < 1.29 is 8.31 Å². The number of hydrogen-bond acceptors (Lipinski definition) is 2. The van der Waals surface area contributed by atoms with Crippen LogP contribution in [0.3, 0.4) is 0 Å². The van der Waals surface area contributed by atoms with E-state index in [1.807, 2.05) is 0 Å². The van der Waals surface area contributed by atoms with Crippen LogP contribution in [0.5, 0.6) is 0 Å². The smallest absolute Gasteiger partial charge is 0.123 e. The molecule has 4 atom stereocenters. The fourth-order valence-corrected chi connectivity index (χ4v) is 0.970. The minimum atomic E-state index is -1.72. The molecule has 0 aliphatic carbocycles. The van der Waals surface area contributed by atoms with Gasteiger partial charge in [0.1, 0.15) is 2.82 Å². The first-order chi connectivity index (χ1) is 7.03. The lowest BCUT2D eigenvalue weighted by Crippen LogP contribution is -2.58. The van der Waals surface area contributed by atoms with Gasteiger partial charge < -0.3 is 10.6 Å². The summed E-state index contributed by atoms with van der Waals surface area (Å²) in [4.78, 5) is 0. The Morgan fingerprint density at radius 2 is 2.50 bits per heavy atom. The summed E-state index contributed by atoms with van der Waals surface area (Å²) in [6, 6.07) is -5.10. The molecule has 0 aromatic rings. The largest absolute Gasteiger partial charge is 0.311 e.